The molecule has 2 atom stereocenters. The minimum atomic E-state index is 0.479. The minimum Gasteiger partial charge on any atom is -0.324 e. The molecule has 0 amide bonds. The lowest BCUT2D eigenvalue weighted by molar-refractivity contribution is 0.519. The summed E-state index contributed by atoms with van der Waals surface area (Å²) in [5.74, 6) is 1.48. The molecule has 3 rings (SSSR count). The third-order valence-corrected chi connectivity index (χ3v) is 5.73. The van der Waals surface area contributed by atoms with Gasteiger partial charge in [-0.15, -0.1) is 11.6 Å². The summed E-state index contributed by atoms with van der Waals surface area (Å²) >= 11 is 11.6. The first-order valence-corrected chi connectivity index (χ1v) is 9.09. The molecule has 0 saturated heterocycles. The van der Waals surface area contributed by atoms with E-state index >= 15 is 0 Å². The fourth-order valence-electron chi connectivity index (χ4n) is 2.99. The Morgan fingerprint density at radius 3 is 3.00 bits per heavy atom. The second-order valence-corrected chi connectivity index (χ2v) is 7.31. The average molecular weight is 360 g/mol. The first kappa shape index (κ1) is 13.8. The van der Waals surface area contributed by atoms with Gasteiger partial charge in [0.1, 0.15) is 5.82 Å². The van der Waals surface area contributed by atoms with Gasteiger partial charge in [-0.3, -0.25) is 0 Å². The molecule has 0 bridgehead atoms. The Balaban J connectivity index is 2.06. The number of benzene rings is 1. The summed E-state index contributed by atoms with van der Waals surface area (Å²) in [7, 11) is 0. The van der Waals surface area contributed by atoms with Crippen LogP contribution in [0.5, 0.6) is 0 Å². The minimum absolute atomic E-state index is 0.479. The third-order valence-electron chi connectivity index (χ3n) is 3.90. The van der Waals surface area contributed by atoms with Crippen molar-refractivity contribution in [1.82, 2.24) is 9.55 Å². The monoisotopic (exact) mass is 358 g/mol. The standard InChI is InChI=1S/C14H16BrClN2S/c1-19-11-4-3-10(7-11)18-13-5-2-9(15)6-12(13)17-14(18)8-16/h2,5-6,10-11H,3-4,7-8H2,1H3. The Labute approximate surface area is 131 Å². The molecular formula is C14H16BrClN2S. The normalized spacial score (nSPS) is 23.3. The van der Waals surface area contributed by atoms with Crippen molar-refractivity contribution in [2.24, 2.45) is 0 Å². The van der Waals surface area contributed by atoms with Crippen molar-refractivity contribution in [3.63, 3.8) is 0 Å². The lowest BCUT2D eigenvalue weighted by atomic mass is 10.2. The molecule has 2 unspecified atom stereocenters. The quantitative estimate of drug-likeness (QED) is 0.718. The van der Waals surface area contributed by atoms with E-state index in [-0.39, 0.29) is 0 Å². The van der Waals surface area contributed by atoms with Crippen molar-refractivity contribution in [3.05, 3.63) is 28.5 Å². The van der Waals surface area contributed by atoms with E-state index in [2.05, 4.69) is 49.9 Å². The van der Waals surface area contributed by atoms with Crippen molar-refractivity contribution in [2.75, 3.05) is 6.26 Å². The second kappa shape index (κ2) is 5.66. The van der Waals surface area contributed by atoms with Gasteiger partial charge in [-0.25, -0.2) is 4.98 Å². The fourth-order valence-corrected chi connectivity index (χ4v) is 4.31. The molecule has 5 heteroatoms. The molecule has 1 aliphatic rings. The van der Waals surface area contributed by atoms with Crippen LogP contribution in [0.15, 0.2) is 22.7 Å². The molecule has 0 spiro atoms. The van der Waals surface area contributed by atoms with Crippen LogP contribution < -0.4 is 0 Å². The SMILES string of the molecule is CSC1CCC(n2c(CCl)nc3cc(Br)ccc32)C1. The molecule has 1 heterocycles. The zero-order valence-corrected chi connectivity index (χ0v) is 13.9. The van der Waals surface area contributed by atoms with Gasteiger partial charge < -0.3 is 4.57 Å². The summed E-state index contributed by atoms with van der Waals surface area (Å²) in [6.45, 7) is 0. The van der Waals surface area contributed by atoms with Gasteiger partial charge in [-0.05, 0) is 43.7 Å². The number of aromatic nitrogens is 2. The third kappa shape index (κ3) is 2.55. The van der Waals surface area contributed by atoms with Crippen molar-refractivity contribution < 1.29 is 0 Å². The maximum absolute atomic E-state index is 6.09. The molecule has 2 nitrogen and oxygen atoms in total. The van der Waals surface area contributed by atoms with E-state index in [4.69, 9.17) is 11.6 Å². The highest BCUT2D eigenvalue weighted by Crippen LogP contribution is 2.39. The first-order valence-electron chi connectivity index (χ1n) is 6.48. The van der Waals surface area contributed by atoms with Crippen LogP contribution in [0.2, 0.25) is 0 Å². The predicted molar refractivity (Wildman–Crippen MR) is 87.2 cm³/mol. The highest BCUT2D eigenvalue weighted by Gasteiger charge is 2.28. The van der Waals surface area contributed by atoms with Crippen LogP contribution in [-0.4, -0.2) is 21.1 Å². The largest absolute Gasteiger partial charge is 0.324 e. The predicted octanol–water partition coefficient (Wildman–Crippen LogP) is 4.99. The van der Waals surface area contributed by atoms with E-state index in [1.807, 2.05) is 11.8 Å². The molecule has 2 aromatic rings. The van der Waals surface area contributed by atoms with Gasteiger partial charge >= 0.3 is 0 Å². The molecule has 0 N–H and O–H groups in total. The van der Waals surface area contributed by atoms with Crippen molar-refractivity contribution >= 4 is 50.3 Å². The Hall–Kier alpha value is -0.190. The van der Waals surface area contributed by atoms with E-state index in [9.17, 15) is 0 Å². The molecule has 1 aliphatic carbocycles. The van der Waals surface area contributed by atoms with Crippen LogP contribution in [0.1, 0.15) is 31.1 Å². The van der Waals surface area contributed by atoms with Gasteiger partial charge in [0.05, 0.1) is 16.9 Å². The van der Waals surface area contributed by atoms with Gasteiger partial charge in [0.25, 0.3) is 0 Å². The van der Waals surface area contributed by atoms with Crippen molar-refractivity contribution in [2.45, 2.75) is 36.4 Å². The lowest BCUT2D eigenvalue weighted by Crippen LogP contribution is -2.09. The van der Waals surface area contributed by atoms with E-state index in [0.29, 0.717) is 11.9 Å². The maximum Gasteiger partial charge on any atom is 0.125 e. The van der Waals surface area contributed by atoms with Crippen LogP contribution in [-0.2, 0) is 5.88 Å². The number of hydrogen-bond acceptors (Lipinski definition) is 2. The fraction of sp³-hybridized carbons (Fsp3) is 0.500. The summed E-state index contributed by atoms with van der Waals surface area (Å²) in [5, 5.41) is 0.779. The summed E-state index contributed by atoms with van der Waals surface area (Å²) in [4.78, 5) is 4.68. The number of fused-ring (bicyclic) bond motifs is 1. The number of alkyl halides is 1. The van der Waals surface area contributed by atoms with Crippen molar-refractivity contribution in [3.8, 4) is 0 Å². The number of halogens is 2. The Morgan fingerprint density at radius 2 is 2.32 bits per heavy atom. The second-order valence-electron chi connectivity index (χ2n) is 4.99. The molecule has 1 aromatic carbocycles. The Kier molecular flexibility index (Phi) is 4.11. The molecule has 1 aromatic heterocycles. The van der Waals surface area contributed by atoms with Crippen molar-refractivity contribution in [1.29, 1.82) is 0 Å². The molecule has 1 saturated carbocycles. The molecular weight excluding hydrogens is 344 g/mol. The maximum atomic E-state index is 6.09. The zero-order valence-electron chi connectivity index (χ0n) is 10.8. The highest BCUT2D eigenvalue weighted by atomic mass is 79.9. The van der Waals surface area contributed by atoms with E-state index < -0.39 is 0 Å². The lowest BCUT2D eigenvalue weighted by Gasteiger charge is -2.16. The van der Waals surface area contributed by atoms with Crippen LogP contribution in [0.25, 0.3) is 11.0 Å². The van der Waals surface area contributed by atoms with Crippen LogP contribution >= 0.6 is 39.3 Å². The van der Waals surface area contributed by atoms with Gasteiger partial charge in [-0.2, -0.15) is 11.8 Å². The number of thioether (sulfide) groups is 1. The molecule has 1 fully saturated rings. The van der Waals surface area contributed by atoms with Crippen LogP contribution in [0.3, 0.4) is 0 Å². The van der Waals surface area contributed by atoms with Gasteiger partial charge in [0.2, 0.25) is 0 Å². The number of rotatable bonds is 3. The summed E-state index contributed by atoms with van der Waals surface area (Å²) in [5.41, 5.74) is 2.25. The molecule has 0 radical (unpaired) electrons. The number of imidazole rings is 1. The number of nitrogens with zero attached hydrogens (tertiary/aromatic N) is 2. The van der Waals surface area contributed by atoms with Gasteiger partial charge in [0.15, 0.2) is 0 Å². The molecule has 0 aliphatic heterocycles. The smallest absolute Gasteiger partial charge is 0.125 e. The average Bonchev–Trinajstić information content (AvgIpc) is 3.00. The molecule has 19 heavy (non-hydrogen) atoms. The number of hydrogen-bond donors (Lipinski definition) is 0. The molecule has 102 valence electrons. The van der Waals surface area contributed by atoms with Gasteiger partial charge in [0, 0.05) is 15.8 Å². The van der Waals surface area contributed by atoms with Crippen LogP contribution in [0.4, 0.5) is 0 Å². The van der Waals surface area contributed by atoms with E-state index in [1.165, 1.54) is 24.8 Å². The Bertz CT molecular complexity index is 598. The Morgan fingerprint density at radius 1 is 1.47 bits per heavy atom. The first-order chi connectivity index (χ1) is 9.22. The van der Waals surface area contributed by atoms with E-state index in [1.54, 1.807) is 0 Å². The van der Waals surface area contributed by atoms with Crippen LogP contribution in [0, 0.1) is 0 Å². The van der Waals surface area contributed by atoms with Gasteiger partial charge in [-0.1, -0.05) is 15.9 Å². The summed E-state index contributed by atoms with van der Waals surface area (Å²) < 4.78 is 3.43. The summed E-state index contributed by atoms with van der Waals surface area (Å²) in [6, 6.07) is 6.86. The van der Waals surface area contributed by atoms with E-state index in [0.717, 1.165) is 21.1 Å². The highest BCUT2D eigenvalue weighted by molar-refractivity contribution is 9.10. The topological polar surface area (TPSA) is 17.8 Å². The zero-order chi connectivity index (χ0) is 13.4. The summed E-state index contributed by atoms with van der Waals surface area (Å²) in [6.07, 6.45) is 5.96.